The number of nitrogens with zero attached hydrogens (tertiary/aromatic N) is 1. The molecule has 19 heavy (non-hydrogen) atoms. The van der Waals surface area contributed by atoms with Gasteiger partial charge in [0.1, 0.15) is 17.9 Å². The Hall–Kier alpha value is -1.76. The van der Waals surface area contributed by atoms with E-state index in [1.807, 2.05) is 0 Å². The van der Waals surface area contributed by atoms with Gasteiger partial charge in [0.2, 0.25) is 0 Å². The molecule has 1 aromatic rings. The predicted molar refractivity (Wildman–Crippen MR) is 62.5 cm³/mol. The van der Waals surface area contributed by atoms with E-state index in [-0.39, 0.29) is 6.61 Å². The molecule has 0 aliphatic carbocycles. The molecule has 0 heterocycles. The van der Waals surface area contributed by atoms with Crippen LogP contribution in [0.25, 0.3) is 0 Å². The summed E-state index contributed by atoms with van der Waals surface area (Å²) in [5.41, 5.74) is -2.06. The molecule has 0 amide bonds. The van der Waals surface area contributed by atoms with E-state index >= 15 is 0 Å². The molecule has 0 radical (unpaired) electrons. The van der Waals surface area contributed by atoms with E-state index in [2.05, 4.69) is 0 Å². The molecule has 4 nitrogen and oxygen atoms in total. The molecule has 0 unspecified atom stereocenters. The largest absolute Gasteiger partial charge is 0.492 e. The smallest absolute Gasteiger partial charge is 0.420 e. The van der Waals surface area contributed by atoms with Gasteiger partial charge in [-0.2, -0.15) is 13.2 Å². The summed E-state index contributed by atoms with van der Waals surface area (Å²) in [6, 6.07) is 3.25. The zero-order chi connectivity index (χ0) is 14.6. The molecule has 0 atom stereocenters. The van der Waals surface area contributed by atoms with Crippen LogP contribution in [0.5, 0.6) is 5.75 Å². The third kappa shape index (κ3) is 4.13. The predicted octanol–water partition coefficient (Wildman–Crippen LogP) is 2.34. The van der Waals surface area contributed by atoms with Crippen molar-refractivity contribution in [2.75, 3.05) is 27.2 Å². The fourth-order valence-corrected chi connectivity index (χ4v) is 1.46. The molecular formula is C12H14F3NO3. The van der Waals surface area contributed by atoms with Crippen molar-refractivity contribution in [2.45, 2.75) is 6.18 Å². The number of carboxylic acid groups (broad SMARTS) is 1. The third-order valence-electron chi connectivity index (χ3n) is 2.34. The van der Waals surface area contributed by atoms with Gasteiger partial charge >= 0.3 is 12.1 Å². The fourth-order valence-electron chi connectivity index (χ4n) is 1.46. The first kappa shape index (κ1) is 15.3. The molecule has 0 bridgehead atoms. The second-order valence-corrected chi connectivity index (χ2v) is 4.13. The summed E-state index contributed by atoms with van der Waals surface area (Å²) in [4.78, 5) is 12.6. The quantitative estimate of drug-likeness (QED) is 0.897. The third-order valence-corrected chi connectivity index (χ3v) is 2.34. The molecule has 0 aromatic heterocycles. The van der Waals surface area contributed by atoms with Gasteiger partial charge in [-0.15, -0.1) is 0 Å². The number of ether oxygens (including phenoxy) is 1. The number of hydrogen-bond acceptors (Lipinski definition) is 3. The van der Waals surface area contributed by atoms with Gasteiger partial charge in [-0.1, -0.05) is 6.07 Å². The molecule has 0 fully saturated rings. The van der Waals surface area contributed by atoms with Crippen LogP contribution in [-0.4, -0.2) is 43.2 Å². The van der Waals surface area contributed by atoms with Crippen molar-refractivity contribution in [1.82, 2.24) is 4.90 Å². The molecule has 0 saturated carbocycles. The van der Waals surface area contributed by atoms with Crippen LogP contribution >= 0.6 is 0 Å². The number of aromatic carboxylic acids is 1. The minimum atomic E-state index is -4.78. The zero-order valence-electron chi connectivity index (χ0n) is 10.5. The molecule has 7 heteroatoms. The Morgan fingerprint density at radius 3 is 2.47 bits per heavy atom. The van der Waals surface area contributed by atoms with Crippen LogP contribution in [0.3, 0.4) is 0 Å². The van der Waals surface area contributed by atoms with E-state index in [1.54, 1.807) is 19.0 Å². The Labute approximate surface area is 108 Å². The number of likely N-dealkylation sites (N-methyl/N-ethyl adjacent to an activating group) is 1. The maximum Gasteiger partial charge on any atom is 0.420 e. The van der Waals surface area contributed by atoms with Gasteiger partial charge in [0.05, 0.1) is 5.56 Å². The number of carbonyl (C=O) groups is 1. The highest BCUT2D eigenvalue weighted by Gasteiger charge is 2.38. The lowest BCUT2D eigenvalue weighted by molar-refractivity contribution is -0.139. The first-order valence-electron chi connectivity index (χ1n) is 5.44. The summed E-state index contributed by atoms with van der Waals surface area (Å²) in [5.74, 6) is -2.10. The lowest BCUT2D eigenvalue weighted by atomic mass is 10.1. The lowest BCUT2D eigenvalue weighted by Gasteiger charge is -2.17. The molecule has 1 rings (SSSR count). The molecule has 0 aliphatic heterocycles. The summed E-state index contributed by atoms with van der Waals surface area (Å²) >= 11 is 0. The number of halogens is 3. The van der Waals surface area contributed by atoms with E-state index in [4.69, 9.17) is 9.84 Å². The minimum absolute atomic E-state index is 0.0408. The summed E-state index contributed by atoms with van der Waals surface area (Å²) in [6.07, 6.45) is -4.78. The summed E-state index contributed by atoms with van der Waals surface area (Å²) < 4.78 is 43.7. The van der Waals surface area contributed by atoms with Crippen molar-refractivity contribution >= 4 is 5.97 Å². The Balaban J connectivity index is 3.10. The highest BCUT2D eigenvalue weighted by molar-refractivity contribution is 5.90. The standard InChI is InChI=1S/C12H14F3NO3/c1-16(2)6-7-19-9-5-3-4-8(11(17)18)10(9)12(13,14)15/h3-5H,6-7H2,1-2H3,(H,17,18). The number of alkyl halides is 3. The Bertz CT molecular complexity index is 458. The number of rotatable bonds is 5. The van der Waals surface area contributed by atoms with Gasteiger partial charge in [-0.05, 0) is 26.2 Å². The van der Waals surface area contributed by atoms with Crippen molar-refractivity contribution in [3.05, 3.63) is 29.3 Å². The Kier molecular flexibility index (Phi) is 4.77. The van der Waals surface area contributed by atoms with E-state index in [0.717, 1.165) is 12.1 Å². The molecule has 0 saturated heterocycles. The van der Waals surface area contributed by atoms with Crippen LogP contribution in [0.15, 0.2) is 18.2 Å². The molecule has 106 valence electrons. The second-order valence-electron chi connectivity index (χ2n) is 4.13. The first-order valence-corrected chi connectivity index (χ1v) is 5.44. The normalized spacial score (nSPS) is 11.7. The highest BCUT2D eigenvalue weighted by Crippen LogP contribution is 2.38. The van der Waals surface area contributed by atoms with E-state index in [1.165, 1.54) is 6.07 Å². The van der Waals surface area contributed by atoms with Gasteiger partial charge in [0.15, 0.2) is 0 Å². The van der Waals surface area contributed by atoms with Gasteiger partial charge < -0.3 is 14.7 Å². The highest BCUT2D eigenvalue weighted by atomic mass is 19.4. The number of hydrogen-bond donors (Lipinski definition) is 1. The van der Waals surface area contributed by atoms with Crippen LogP contribution in [0.1, 0.15) is 15.9 Å². The van der Waals surface area contributed by atoms with Crippen molar-refractivity contribution < 1.29 is 27.8 Å². The fraction of sp³-hybridized carbons (Fsp3) is 0.417. The lowest BCUT2D eigenvalue weighted by Crippen LogP contribution is -2.21. The minimum Gasteiger partial charge on any atom is -0.492 e. The average molecular weight is 277 g/mol. The molecule has 0 spiro atoms. The van der Waals surface area contributed by atoms with Crippen LogP contribution in [0.4, 0.5) is 13.2 Å². The average Bonchev–Trinajstić information content (AvgIpc) is 2.26. The van der Waals surface area contributed by atoms with Crippen molar-refractivity contribution in [3.8, 4) is 5.75 Å². The molecule has 0 aliphatic rings. The monoisotopic (exact) mass is 277 g/mol. The van der Waals surface area contributed by atoms with Crippen molar-refractivity contribution in [3.63, 3.8) is 0 Å². The van der Waals surface area contributed by atoms with Gasteiger partial charge in [-0.25, -0.2) is 4.79 Å². The van der Waals surface area contributed by atoms with E-state index in [0.29, 0.717) is 6.54 Å². The zero-order valence-corrected chi connectivity index (χ0v) is 10.5. The molecule has 1 aromatic carbocycles. The maximum absolute atomic E-state index is 12.9. The summed E-state index contributed by atoms with van der Waals surface area (Å²) in [7, 11) is 3.50. The summed E-state index contributed by atoms with van der Waals surface area (Å²) in [6.45, 7) is 0.466. The maximum atomic E-state index is 12.9. The Morgan fingerprint density at radius 1 is 1.37 bits per heavy atom. The molecule has 1 N–H and O–H groups in total. The van der Waals surface area contributed by atoms with E-state index < -0.39 is 29.0 Å². The van der Waals surface area contributed by atoms with Crippen LogP contribution in [0.2, 0.25) is 0 Å². The van der Waals surface area contributed by atoms with Gasteiger partial charge in [-0.3, -0.25) is 0 Å². The topological polar surface area (TPSA) is 49.8 Å². The van der Waals surface area contributed by atoms with Gasteiger partial charge in [0.25, 0.3) is 0 Å². The van der Waals surface area contributed by atoms with Gasteiger partial charge in [0, 0.05) is 6.54 Å². The van der Waals surface area contributed by atoms with E-state index in [9.17, 15) is 18.0 Å². The van der Waals surface area contributed by atoms with Crippen molar-refractivity contribution in [2.24, 2.45) is 0 Å². The van der Waals surface area contributed by atoms with Crippen molar-refractivity contribution in [1.29, 1.82) is 0 Å². The first-order chi connectivity index (χ1) is 8.73. The number of carboxylic acids is 1. The number of benzene rings is 1. The van der Waals surface area contributed by atoms with Crippen LogP contribution < -0.4 is 4.74 Å². The van der Waals surface area contributed by atoms with Crippen LogP contribution in [-0.2, 0) is 6.18 Å². The Morgan fingerprint density at radius 2 is 2.00 bits per heavy atom. The second kappa shape index (κ2) is 5.92. The SMILES string of the molecule is CN(C)CCOc1cccc(C(=O)O)c1C(F)(F)F. The summed E-state index contributed by atoms with van der Waals surface area (Å²) in [5, 5.41) is 8.80. The molecular weight excluding hydrogens is 263 g/mol. The van der Waals surface area contributed by atoms with Crippen LogP contribution in [0, 0.1) is 0 Å².